The maximum Gasteiger partial charge on any atom is 0.340 e. The second kappa shape index (κ2) is 9.54. The minimum Gasteiger partial charge on any atom is -0.493 e. The monoisotopic (exact) mass is 423 g/mol. The molecule has 1 aromatic rings. The summed E-state index contributed by atoms with van der Waals surface area (Å²) in [4.78, 5) is 45.6. The summed E-state index contributed by atoms with van der Waals surface area (Å²) in [5.74, 6) is -2.17. The van der Waals surface area contributed by atoms with Crippen LogP contribution in [0.1, 0.15) is 22.3 Å². The number of methoxy groups -OCH3 is 2. The van der Waals surface area contributed by atoms with Crippen molar-refractivity contribution in [2.45, 2.75) is 11.7 Å². The molecule has 0 radical (unpaired) electrons. The smallest absolute Gasteiger partial charge is 0.340 e. The lowest BCUT2D eigenvalue weighted by atomic mass is 10.1. The number of nitrogens with zero attached hydrogens (tertiary/aromatic N) is 2. The summed E-state index contributed by atoms with van der Waals surface area (Å²) in [5.41, 5.74) is 4.88. The van der Waals surface area contributed by atoms with E-state index in [-0.39, 0.29) is 34.2 Å². The van der Waals surface area contributed by atoms with Gasteiger partial charge in [-0.3, -0.25) is 14.9 Å². The van der Waals surface area contributed by atoms with E-state index in [2.05, 4.69) is 15.5 Å². The zero-order valence-corrected chi connectivity index (χ0v) is 16.1. The highest BCUT2D eigenvalue weighted by molar-refractivity contribution is 8.15. The number of amides is 4. The van der Waals surface area contributed by atoms with Crippen molar-refractivity contribution < 1.29 is 33.8 Å². The lowest BCUT2D eigenvalue weighted by Gasteiger charge is -2.11. The van der Waals surface area contributed by atoms with Gasteiger partial charge in [-0.05, 0) is 12.1 Å². The zero-order valence-electron chi connectivity index (χ0n) is 15.3. The van der Waals surface area contributed by atoms with Gasteiger partial charge in [-0.15, -0.1) is 5.10 Å². The van der Waals surface area contributed by atoms with Crippen LogP contribution in [0.4, 0.5) is 4.79 Å². The molecule has 0 bridgehead atoms. The molecule has 0 aliphatic carbocycles. The predicted octanol–water partition coefficient (Wildman–Crippen LogP) is -0.0915. The Balaban J connectivity index is 2.16. The van der Waals surface area contributed by atoms with Crippen LogP contribution >= 0.6 is 11.8 Å². The molecule has 0 aromatic heterocycles. The van der Waals surface area contributed by atoms with Crippen molar-refractivity contribution in [1.29, 1.82) is 0 Å². The van der Waals surface area contributed by atoms with Gasteiger partial charge in [-0.25, -0.2) is 9.59 Å². The number of imide groups is 1. The first-order chi connectivity index (χ1) is 13.8. The molecule has 13 heteroatoms. The van der Waals surface area contributed by atoms with Crippen molar-refractivity contribution in [2.24, 2.45) is 15.9 Å². The van der Waals surface area contributed by atoms with Crippen LogP contribution in [-0.2, 0) is 9.59 Å². The first-order valence-electron chi connectivity index (χ1n) is 7.92. The van der Waals surface area contributed by atoms with Gasteiger partial charge in [0.25, 0.3) is 0 Å². The molecule has 1 aliphatic rings. The third kappa shape index (κ3) is 5.44. The molecule has 1 saturated heterocycles. The van der Waals surface area contributed by atoms with Gasteiger partial charge in [-0.1, -0.05) is 11.8 Å². The molecule has 1 aliphatic heterocycles. The second-order valence-electron chi connectivity index (χ2n) is 5.43. The third-order valence-electron chi connectivity index (χ3n) is 3.55. The van der Waals surface area contributed by atoms with E-state index in [1.165, 1.54) is 32.6 Å². The summed E-state index contributed by atoms with van der Waals surface area (Å²) in [6.07, 6.45) is 0.902. The van der Waals surface area contributed by atoms with E-state index < -0.39 is 29.1 Å². The number of nitrogens with one attached hydrogen (secondary N) is 2. The lowest BCUT2D eigenvalue weighted by molar-refractivity contribution is -0.124. The highest BCUT2D eigenvalue weighted by atomic mass is 32.2. The summed E-state index contributed by atoms with van der Waals surface area (Å²) in [6.45, 7) is 0. The van der Waals surface area contributed by atoms with Gasteiger partial charge in [-0.2, -0.15) is 5.10 Å². The van der Waals surface area contributed by atoms with Crippen LogP contribution in [0.15, 0.2) is 22.3 Å². The molecule has 154 valence electrons. The van der Waals surface area contributed by atoms with Gasteiger partial charge in [0.05, 0.1) is 20.4 Å². The topological polar surface area (TPSA) is 182 Å². The number of benzene rings is 1. The SMILES string of the molecule is COc1ccc(/C=N\N=C2\NC(=O)C(CC(=O)NC(N)=O)S2)c(C(=O)O)c1OC. The number of aromatic carboxylic acids is 1. The van der Waals surface area contributed by atoms with Gasteiger partial charge < -0.3 is 25.6 Å². The molecule has 0 spiro atoms. The fraction of sp³-hybridized carbons (Fsp3) is 0.250. The average Bonchev–Trinajstić information content (AvgIpc) is 2.99. The van der Waals surface area contributed by atoms with Gasteiger partial charge in [0.1, 0.15) is 10.8 Å². The van der Waals surface area contributed by atoms with E-state index in [1.54, 1.807) is 0 Å². The number of carbonyl (C=O) groups excluding carboxylic acids is 3. The maximum absolute atomic E-state index is 11.9. The highest BCUT2D eigenvalue weighted by Gasteiger charge is 2.32. The van der Waals surface area contributed by atoms with Crippen molar-refractivity contribution in [1.82, 2.24) is 10.6 Å². The van der Waals surface area contributed by atoms with Crippen molar-refractivity contribution in [3.05, 3.63) is 23.3 Å². The molecule has 4 amide bonds. The molecule has 29 heavy (non-hydrogen) atoms. The summed E-state index contributed by atoms with van der Waals surface area (Å²) in [6, 6.07) is 1.96. The number of nitrogens with two attached hydrogens (primary N) is 1. The fourth-order valence-electron chi connectivity index (χ4n) is 2.36. The first kappa shape index (κ1) is 21.7. The Bertz CT molecular complexity index is 915. The van der Waals surface area contributed by atoms with Gasteiger partial charge in [0.15, 0.2) is 16.7 Å². The molecule has 1 aromatic carbocycles. The van der Waals surface area contributed by atoms with Crippen LogP contribution in [0, 0.1) is 0 Å². The number of urea groups is 1. The Morgan fingerprint density at radius 1 is 1.34 bits per heavy atom. The van der Waals surface area contributed by atoms with E-state index >= 15 is 0 Å². The number of amidine groups is 1. The first-order valence-corrected chi connectivity index (χ1v) is 8.80. The van der Waals surface area contributed by atoms with Crippen LogP contribution in [0.25, 0.3) is 0 Å². The van der Waals surface area contributed by atoms with Gasteiger partial charge in [0.2, 0.25) is 11.8 Å². The molecular formula is C16H17N5O7S. The number of hydrogen-bond donors (Lipinski definition) is 4. The zero-order chi connectivity index (χ0) is 21.6. The molecule has 1 atom stereocenters. The summed E-state index contributed by atoms with van der Waals surface area (Å²) < 4.78 is 10.2. The molecule has 12 nitrogen and oxygen atoms in total. The van der Waals surface area contributed by atoms with Crippen LogP contribution < -0.4 is 25.8 Å². The summed E-state index contributed by atoms with van der Waals surface area (Å²) >= 11 is 0.935. The number of thioether (sulfide) groups is 1. The second-order valence-corrected chi connectivity index (χ2v) is 6.62. The van der Waals surface area contributed by atoms with Crippen molar-refractivity contribution in [3.8, 4) is 11.5 Å². The van der Waals surface area contributed by atoms with Crippen molar-refractivity contribution in [3.63, 3.8) is 0 Å². The van der Waals surface area contributed by atoms with E-state index in [9.17, 15) is 24.3 Å². The lowest BCUT2D eigenvalue weighted by Crippen LogP contribution is -2.37. The van der Waals surface area contributed by atoms with Gasteiger partial charge >= 0.3 is 12.0 Å². The van der Waals surface area contributed by atoms with Crippen LogP contribution in [-0.4, -0.2) is 59.8 Å². The Morgan fingerprint density at radius 3 is 2.66 bits per heavy atom. The fourth-order valence-corrected chi connectivity index (χ4v) is 3.28. The number of rotatable bonds is 7. The number of carboxylic acids is 1. The molecule has 1 fully saturated rings. The maximum atomic E-state index is 11.9. The van der Waals surface area contributed by atoms with E-state index in [0.29, 0.717) is 0 Å². The normalized spacial score (nSPS) is 17.2. The Kier molecular flexibility index (Phi) is 7.14. The van der Waals surface area contributed by atoms with E-state index in [0.717, 1.165) is 11.8 Å². The third-order valence-corrected chi connectivity index (χ3v) is 4.62. The Morgan fingerprint density at radius 2 is 2.07 bits per heavy atom. The number of ether oxygens (including phenoxy) is 2. The summed E-state index contributed by atoms with van der Waals surface area (Å²) in [5, 5.41) is 20.7. The summed E-state index contributed by atoms with van der Waals surface area (Å²) in [7, 11) is 2.69. The number of carbonyl (C=O) groups is 4. The molecular weight excluding hydrogens is 406 g/mol. The number of hydrogen-bond acceptors (Lipinski definition) is 9. The predicted molar refractivity (Wildman–Crippen MR) is 103 cm³/mol. The molecule has 2 rings (SSSR count). The Labute approximate surface area is 168 Å². The molecule has 1 heterocycles. The quantitative estimate of drug-likeness (QED) is 0.346. The van der Waals surface area contributed by atoms with Crippen molar-refractivity contribution in [2.75, 3.05) is 14.2 Å². The Hall–Kier alpha value is -3.61. The molecule has 0 saturated carbocycles. The number of primary amides is 1. The van der Waals surface area contributed by atoms with E-state index in [4.69, 9.17) is 15.2 Å². The molecule has 5 N–H and O–H groups in total. The van der Waals surface area contributed by atoms with Gasteiger partial charge in [0, 0.05) is 12.0 Å². The largest absolute Gasteiger partial charge is 0.493 e. The number of carboxylic acid groups (broad SMARTS) is 1. The van der Waals surface area contributed by atoms with Crippen LogP contribution in [0.3, 0.4) is 0 Å². The molecule has 1 unspecified atom stereocenters. The minimum absolute atomic E-state index is 0.0284. The highest BCUT2D eigenvalue weighted by Crippen LogP contribution is 2.33. The van der Waals surface area contributed by atoms with Crippen LogP contribution in [0.5, 0.6) is 11.5 Å². The minimum atomic E-state index is -1.25. The van der Waals surface area contributed by atoms with E-state index in [1.807, 2.05) is 5.32 Å². The standard InChI is InChI=1S/C16H17N5O7S/c1-27-8-4-3-7(11(14(24)25)12(8)28-2)6-18-21-16-20-13(23)9(29-16)5-10(22)19-15(17)26/h3-4,6,9H,5H2,1-2H3,(H,24,25)(H,20,21,23)(H3,17,19,22,26)/b18-6-. The average molecular weight is 423 g/mol. The van der Waals surface area contributed by atoms with Crippen molar-refractivity contribution >= 4 is 47.0 Å². The van der Waals surface area contributed by atoms with Crippen LogP contribution in [0.2, 0.25) is 0 Å².